The van der Waals surface area contributed by atoms with Gasteiger partial charge >= 0.3 is 6.03 Å². The van der Waals surface area contributed by atoms with Gasteiger partial charge in [-0.3, -0.25) is 9.80 Å². The molecule has 0 saturated carbocycles. The third kappa shape index (κ3) is 4.31. The van der Waals surface area contributed by atoms with Gasteiger partial charge in [0.1, 0.15) is 0 Å². The summed E-state index contributed by atoms with van der Waals surface area (Å²) in [5.74, 6) is 0. The van der Waals surface area contributed by atoms with Crippen LogP contribution in [0.4, 0.5) is 4.79 Å². The van der Waals surface area contributed by atoms with Crippen molar-refractivity contribution in [2.45, 2.75) is 31.0 Å². The van der Waals surface area contributed by atoms with Crippen LogP contribution in [0.5, 0.6) is 0 Å². The maximum Gasteiger partial charge on any atom is 0.325 e. The summed E-state index contributed by atoms with van der Waals surface area (Å²) in [7, 11) is 0. The van der Waals surface area contributed by atoms with E-state index < -0.39 is 30.1 Å². The van der Waals surface area contributed by atoms with Crippen LogP contribution in [0.1, 0.15) is 23.6 Å². The molecule has 2 aliphatic rings. The first-order valence-corrected chi connectivity index (χ1v) is 12.2. The van der Waals surface area contributed by atoms with Crippen LogP contribution in [0.3, 0.4) is 0 Å². The third-order valence-corrected chi connectivity index (χ3v) is 6.98. The Hall–Kier alpha value is -3.49. The van der Waals surface area contributed by atoms with E-state index in [-0.39, 0.29) is 6.61 Å². The number of benzene rings is 3. The molecule has 3 unspecified atom stereocenters. The van der Waals surface area contributed by atoms with Gasteiger partial charge in [0.15, 0.2) is 12.5 Å². The maximum atomic E-state index is 12.9. The molecule has 1 fully saturated rings. The summed E-state index contributed by atoms with van der Waals surface area (Å²) in [6.07, 6.45) is -0.595. The lowest BCUT2D eigenvalue weighted by Gasteiger charge is -2.51. The van der Waals surface area contributed by atoms with Crippen molar-refractivity contribution in [3.63, 3.8) is 0 Å². The highest BCUT2D eigenvalue weighted by atomic mass is 16.5. The van der Waals surface area contributed by atoms with Crippen LogP contribution in [0.25, 0.3) is 0 Å². The monoisotopic (exact) mass is 485 g/mol. The number of nitrogens with one attached hydrogen (secondary N) is 1. The van der Waals surface area contributed by atoms with Crippen molar-refractivity contribution in [1.29, 1.82) is 0 Å². The minimum absolute atomic E-state index is 0.192. The lowest BCUT2D eigenvalue weighted by molar-refractivity contribution is -0.155. The predicted octanol–water partition coefficient (Wildman–Crippen LogP) is 3.25. The van der Waals surface area contributed by atoms with Gasteiger partial charge in [-0.25, -0.2) is 4.79 Å². The number of aliphatic hydroxyl groups excluding tert-OH is 2. The molecular weight excluding hydrogens is 454 g/mol. The van der Waals surface area contributed by atoms with Gasteiger partial charge in [0.25, 0.3) is 0 Å². The molecule has 0 aromatic heterocycles. The minimum atomic E-state index is -1.03. The summed E-state index contributed by atoms with van der Waals surface area (Å²) in [6.45, 7) is 2.39. The molecule has 3 N–H and O–H groups in total. The lowest BCUT2D eigenvalue weighted by atomic mass is 9.75. The molecule has 3 aromatic carbocycles. The molecule has 0 aliphatic carbocycles. The van der Waals surface area contributed by atoms with Crippen LogP contribution in [0.2, 0.25) is 0 Å². The van der Waals surface area contributed by atoms with Gasteiger partial charge in [-0.1, -0.05) is 91.0 Å². The molecule has 36 heavy (non-hydrogen) atoms. The summed E-state index contributed by atoms with van der Waals surface area (Å²) >= 11 is 0. The second-order valence-corrected chi connectivity index (χ2v) is 9.24. The second kappa shape index (κ2) is 10.2. The van der Waals surface area contributed by atoms with E-state index in [0.717, 1.165) is 16.7 Å². The van der Waals surface area contributed by atoms with Crippen LogP contribution >= 0.6 is 0 Å². The number of carbonyl (C=O) groups is 1. The molecule has 3 aromatic rings. The smallest absolute Gasteiger partial charge is 0.325 e. The van der Waals surface area contributed by atoms with Gasteiger partial charge in [-0.15, -0.1) is 0 Å². The van der Waals surface area contributed by atoms with Gasteiger partial charge in [-0.05, 0) is 29.2 Å². The molecule has 186 valence electrons. The number of nitrogens with zero attached hydrogens (tertiary/aromatic N) is 2. The molecular formula is C29H31N3O4. The average molecular weight is 486 g/mol. The highest BCUT2D eigenvalue weighted by molar-refractivity contribution is 5.77. The molecule has 2 heterocycles. The van der Waals surface area contributed by atoms with Crippen LogP contribution in [0, 0.1) is 0 Å². The predicted molar refractivity (Wildman–Crippen MR) is 137 cm³/mol. The van der Waals surface area contributed by atoms with Crippen LogP contribution in [-0.2, 0) is 10.3 Å². The number of hydrogen-bond donors (Lipinski definition) is 3. The number of amides is 2. The first kappa shape index (κ1) is 24.2. The van der Waals surface area contributed by atoms with E-state index in [1.807, 2.05) is 54.6 Å². The standard InChI is InChI=1S/C29H31N3O4/c1-21-17-32(28(35)30-27(21)34)26-19-31(18-25(20-33)36-26)29(22-11-5-2-6-12-22,23-13-7-3-8-14-23)24-15-9-4-10-16-24/h2-17,25-27,33-34H,18-20H2,1H3,(H,30,35). The van der Waals surface area contributed by atoms with Crippen LogP contribution in [0.15, 0.2) is 103 Å². The fourth-order valence-electron chi connectivity index (χ4n) is 5.30. The van der Waals surface area contributed by atoms with Crippen LogP contribution in [-0.4, -0.2) is 64.3 Å². The normalized spacial score (nSPS) is 23.2. The van der Waals surface area contributed by atoms with E-state index in [1.165, 1.54) is 4.90 Å². The first-order valence-electron chi connectivity index (χ1n) is 12.2. The van der Waals surface area contributed by atoms with E-state index in [9.17, 15) is 15.0 Å². The fourth-order valence-corrected chi connectivity index (χ4v) is 5.30. The zero-order valence-electron chi connectivity index (χ0n) is 20.2. The van der Waals surface area contributed by atoms with E-state index in [2.05, 4.69) is 46.6 Å². The van der Waals surface area contributed by atoms with Gasteiger partial charge in [-0.2, -0.15) is 0 Å². The van der Waals surface area contributed by atoms with Gasteiger partial charge < -0.3 is 20.3 Å². The fraction of sp³-hybridized carbons (Fsp3) is 0.276. The zero-order chi connectivity index (χ0) is 25.1. The SMILES string of the molecule is CC1=CN(C2CN(C(c3ccccc3)(c3ccccc3)c3ccccc3)CC(CO)O2)C(=O)NC1O. The molecule has 2 aliphatic heterocycles. The van der Waals surface area contributed by atoms with E-state index in [0.29, 0.717) is 18.7 Å². The van der Waals surface area contributed by atoms with E-state index in [4.69, 9.17) is 4.74 Å². The summed E-state index contributed by atoms with van der Waals surface area (Å²) < 4.78 is 6.21. The highest BCUT2D eigenvalue weighted by Gasteiger charge is 2.47. The molecule has 3 atom stereocenters. The third-order valence-electron chi connectivity index (χ3n) is 6.98. The molecule has 2 amide bonds. The Labute approximate surface area is 211 Å². The van der Waals surface area contributed by atoms with Crippen molar-refractivity contribution in [3.8, 4) is 0 Å². The highest BCUT2D eigenvalue weighted by Crippen LogP contribution is 2.44. The number of rotatable bonds is 6. The molecule has 5 rings (SSSR count). The number of ether oxygens (including phenoxy) is 1. The maximum absolute atomic E-state index is 12.9. The Balaban J connectivity index is 1.69. The van der Waals surface area contributed by atoms with Gasteiger partial charge in [0.2, 0.25) is 0 Å². The molecule has 1 saturated heterocycles. The van der Waals surface area contributed by atoms with Gasteiger partial charge in [0.05, 0.1) is 18.2 Å². The molecule has 0 spiro atoms. The average Bonchev–Trinajstić information content (AvgIpc) is 2.93. The van der Waals surface area contributed by atoms with Crippen molar-refractivity contribution in [1.82, 2.24) is 15.1 Å². The zero-order valence-corrected chi connectivity index (χ0v) is 20.2. The van der Waals surface area contributed by atoms with Crippen molar-refractivity contribution in [3.05, 3.63) is 119 Å². The summed E-state index contributed by atoms with van der Waals surface area (Å²) in [5, 5.41) is 22.9. The van der Waals surface area contributed by atoms with Crippen LogP contribution < -0.4 is 5.32 Å². The number of morpholine rings is 1. The van der Waals surface area contributed by atoms with Crippen molar-refractivity contribution in [2.75, 3.05) is 19.7 Å². The molecule has 0 radical (unpaired) electrons. The Kier molecular flexibility index (Phi) is 6.89. The van der Waals surface area contributed by atoms with E-state index >= 15 is 0 Å². The lowest BCUT2D eigenvalue weighted by Crippen LogP contribution is -2.63. The first-order chi connectivity index (χ1) is 17.5. The molecule has 7 nitrogen and oxygen atoms in total. The van der Waals surface area contributed by atoms with Gasteiger partial charge in [0, 0.05) is 19.3 Å². The molecule has 7 heteroatoms. The number of hydrogen-bond acceptors (Lipinski definition) is 5. The summed E-state index contributed by atoms with van der Waals surface area (Å²) in [5.41, 5.74) is 3.13. The number of aliphatic hydroxyl groups is 2. The largest absolute Gasteiger partial charge is 0.394 e. The summed E-state index contributed by atoms with van der Waals surface area (Å²) in [4.78, 5) is 16.6. The number of carbonyl (C=O) groups excluding carboxylic acids is 1. The van der Waals surface area contributed by atoms with Crippen molar-refractivity contribution < 1.29 is 19.7 Å². The Morgan fingerprint density at radius 1 is 0.889 bits per heavy atom. The second-order valence-electron chi connectivity index (χ2n) is 9.24. The minimum Gasteiger partial charge on any atom is -0.394 e. The Bertz CT molecular complexity index is 1110. The topological polar surface area (TPSA) is 85.3 Å². The summed E-state index contributed by atoms with van der Waals surface area (Å²) in [6, 6.07) is 30.4. The van der Waals surface area contributed by atoms with Crippen molar-refractivity contribution >= 4 is 6.03 Å². The molecule has 0 bridgehead atoms. The Morgan fingerprint density at radius 2 is 1.39 bits per heavy atom. The Morgan fingerprint density at radius 3 is 1.86 bits per heavy atom. The van der Waals surface area contributed by atoms with Crippen molar-refractivity contribution in [2.24, 2.45) is 0 Å². The number of urea groups is 1. The van der Waals surface area contributed by atoms with E-state index in [1.54, 1.807) is 13.1 Å². The quantitative estimate of drug-likeness (QED) is 0.467.